The highest BCUT2D eigenvalue weighted by Crippen LogP contribution is 2.24. The summed E-state index contributed by atoms with van der Waals surface area (Å²) in [5, 5.41) is 8.63. The van der Waals surface area contributed by atoms with Gasteiger partial charge >= 0.3 is 10.3 Å². The highest BCUT2D eigenvalue weighted by atomic mass is 32.2. The quantitative estimate of drug-likeness (QED) is 0.381. The summed E-state index contributed by atoms with van der Waals surface area (Å²) in [4.78, 5) is 21.8. The van der Waals surface area contributed by atoms with Crippen LogP contribution >= 0.6 is 22.7 Å². The summed E-state index contributed by atoms with van der Waals surface area (Å²) in [7, 11) is -4.32. The monoisotopic (exact) mass is 480 g/mol. The van der Waals surface area contributed by atoms with Crippen LogP contribution < -0.4 is 10.0 Å². The minimum Gasteiger partial charge on any atom is -0.346 e. The predicted molar refractivity (Wildman–Crippen MR) is 123 cm³/mol. The number of benzene rings is 1. The van der Waals surface area contributed by atoms with Crippen molar-refractivity contribution in [2.75, 3.05) is 4.72 Å². The van der Waals surface area contributed by atoms with E-state index in [1.165, 1.54) is 22.7 Å². The number of nitrogens with zero attached hydrogens (tertiary/aromatic N) is 2. The molecule has 1 atom stereocenters. The maximum Gasteiger partial charge on any atom is 0.357 e. The number of hydrogen-bond donors (Lipinski definition) is 3. The van der Waals surface area contributed by atoms with Crippen LogP contribution in [0.1, 0.15) is 46.9 Å². The van der Waals surface area contributed by atoms with Gasteiger partial charge in [0.15, 0.2) is 0 Å². The number of anilines is 1. The molecule has 0 fully saturated rings. The van der Waals surface area contributed by atoms with Crippen molar-refractivity contribution in [1.29, 1.82) is 0 Å². The van der Waals surface area contributed by atoms with Crippen LogP contribution in [-0.4, -0.2) is 28.8 Å². The van der Waals surface area contributed by atoms with Gasteiger partial charge in [-0.15, -0.1) is 22.7 Å². The van der Waals surface area contributed by atoms with Crippen LogP contribution in [0.15, 0.2) is 35.0 Å². The third-order valence-electron chi connectivity index (χ3n) is 4.48. The number of amides is 1. The van der Waals surface area contributed by atoms with Crippen LogP contribution in [0, 0.1) is 0 Å². The number of nitrogens with one attached hydrogen (secondary N) is 2. The number of thiazole rings is 2. The Morgan fingerprint density at radius 2 is 1.71 bits per heavy atom. The lowest BCUT2D eigenvalue weighted by Crippen LogP contribution is -2.31. The van der Waals surface area contributed by atoms with Gasteiger partial charge in [-0.1, -0.05) is 26.0 Å². The van der Waals surface area contributed by atoms with Crippen molar-refractivity contribution >= 4 is 44.6 Å². The maximum atomic E-state index is 12.7. The Morgan fingerprint density at radius 1 is 1.06 bits per heavy atom. The number of aryl methyl sites for hydroxylation is 2. The van der Waals surface area contributed by atoms with Crippen molar-refractivity contribution in [3.8, 4) is 0 Å². The molecule has 1 amide bonds. The van der Waals surface area contributed by atoms with E-state index in [2.05, 4.69) is 15.3 Å². The van der Waals surface area contributed by atoms with Gasteiger partial charge in [-0.2, -0.15) is 8.42 Å². The van der Waals surface area contributed by atoms with Crippen LogP contribution in [0.25, 0.3) is 0 Å². The third kappa shape index (κ3) is 7.10. The standard InChI is InChI=1S/C20H24N4O4S3/c1-3-14-11-29-19(21-14)10-18(25)23-17(20-22-15(4-2)12-30-20)9-13-5-7-16(8-6-13)24-31(26,27)28/h5-8,11-12,17,24H,3-4,9-10H2,1-2H3,(H,23,25)(H,26,27,28). The summed E-state index contributed by atoms with van der Waals surface area (Å²) in [5.74, 6) is -0.125. The van der Waals surface area contributed by atoms with Gasteiger partial charge in [-0.3, -0.25) is 14.1 Å². The number of rotatable bonds is 10. The lowest BCUT2D eigenvalue weighted by Gasteiger charge is -2.17. The molecule has 3 aromatic rings. The van der Waals surface area contributed by atoms with E-state index >= 15 is 0 Å². The molecule has 0 aliphatic rings. The third-order valence-corrected chi connectivity index (χ3v) is 6.88. The first-order valence-electron chi connectivity index (χ1n) is 9.76. The number of aromatic nitrogens is 2. The minimum absolute atomic E-state index is 0.125. The van der Waals surface area contributed by atoms with Crippen LogP contribution in [0.3, 0.4) is 0 Å². The Morgan fingerprint density at radius 3 is 2.29 bits per heavy atom. The van der Waals surface area contributed by atoms with Crippen molar-refractivity contribution in [2.45, 2.75) is 45.6 Å². The number of hydrogen-bond acceptors (Lipinski definition) is 7. The lowest BCUT2D eigenvalue weighted by atomic mass is 10.1. The van der Waals surface area contributed by atoms with Crippen LogP contribution in [0.2, 0.25) is 0 Å². The van der Waals surface area contributed by atoms with Gasteiger partial charge in [0.25, 0.3) is 0 Å². The molecule has 166 valence electrons. The first-order valence-corrected chi connectivity index (χ1v) is 13.0. The number of carbonyl (C=O) groups excluding carboxylic acids is 1. The molecule has 0 bridgehead atoms. The molecule has 3 N–H and O–H groups in total. The fourth-order valence-corrected chi connectivity index (χ4v) is 5.18. The molecule has 1 unspecified atom stereocenters. The van der Waals surface area contributed by atoms with E-state index in [-0.39, 0.29) is 24.1 Å². The molecule has 0 aliphatic carbocycles. The summed E-state index contributed by atoms with van der Waals surface area (Å²) in [6.45, 7) is 4.06. The summed E-state index contributed by atoms with van der Waals surface area (Å²) >= 11 is 2.99. The normalized spacial score (nSPS) is 12.5. The van der Waals surface area contributed by atoms with Gasteiger partial charge in [-0.25, -0.2) is 9.97 Å². The second-order valence-electron chi connectivity index (χ2n) is 6.89. The van der Waals surface area contributed by atoms with Gasteiger partial charge in [0.1, 0.15) is 10.0 Å². The first-order chi connectivity index (χ1) is 14.8. The molecular formula is C20H24N4O4S3. The summed E-state index contributed by atoms with van der Waals surface area (Å²) in [6, 6.07) is 6.29. The van der Waals surface area contributed by atoms with Gasteiger partial charge in [0.2, 0.25) is 5.91 Å². The first kappa shape index (κ1) is 23.3. The molecule has 1 aromatic carbocycles. The van der Waals surface area contributed by atoms with Crippen molar-refractivity contribution in [1.82, 2.24) is 15.3 Å². The fourth-order valence-electron chi connectivity index (χ4n) is 2.91. The van der Waals surface area contributed by atoms with E-state index in [4.69, 9.17) is 4.55 Å². The molecule has 0 aliphatic heterocycles. The Balaban J connectivity index is 1.74. The highest BCUT2D eigenvalue weighted by Gasteiger charge is 2.20. The number of carbonyl (C=O) groups is 1. The smallest absolute Gasteiger partial charge is 0.346 e. The lowest BCUT2D eigenvalue weighted by molar-refractivity contribution is -0.121. The van der Waals surface area contributed by atoms with E-state index < -0.39 is 10.3 Å². The summed E-state index contributed by atoms with van der Waals surface area (Å²) in [6.07, 6.45) is 2.35. The second-order valence-corrected chi connectivity index (χ2v) is 9.88. The molecule has 11 heteroatoms. The van der Waals surface area contributed by atoms with E-state index in [0.717, 1.165) is 39.8 Å². The molecular weight excluding hydrogens is 456 g/mol. The Hall–Kier alpha value is -2.34. The van der Waals surface area contributed by atoms with Crippen LogP contribution in [0.4, 0.5) is 5.69 Å². The molecule has 31 heavy (non-hydrogen) atoms. The summed E-state index contributed by atoms with van der Waals surface area (Å²) in [5.41, 5.74) is 3.10. The summed E-state index contributed by atoms with van der Waals surface area (Å²) < 4.78 is 32.8. The molecule has 0 saturated carbocycles. The van der Waals surface area contributed by atoms with Crippen molar-refractivity contribution in [3.05, 3.63) is 62.0 Å². The van der Waals surface area contributed by atoms with Crippen molar-refractivity contribution in [2.24, 2.45) is 0 Å². The largest absolute Gasteiger partial charge is 0.357 e. The van der Waals surface area contributed by atoms with Crippen LogP contribution in [0.5, 0.6) is 0 Å². The predicted octanol–water partition coefficient (Wildman–Crippen LogP) is 3.58. The average molecular weight is 481 g/mol. The maximum absolute atomic E-state index is 12.7. The highest BCUT2D eigenvalue weighted by molar-refractivity contribution is 7.87. The second kappa shape index (κ2) is 10.3. The van der Waals surface area contributed by atoms with Crippen molar-refractivity contribution in [3.63, 3.8) is 0 Å². The zero-order valence-corrected chi connectivity index (χ0v) is 19.6. The molecule has 8 nitrogen and oxygen atoms in total. The molecule has 2 aromatic heterocycles. The SMILES string of the molecule is CCc1csc(CC(=O)NC(Cc2ccc(NS(=O)(=O)O)cc2)c2nc(CC)cs2)n1. The van der Waals surface area contributed by atoms with E-state index in [9.17, 15) is 13.2 Å². The van der Waals surface area contributed by atoms with Gasteiger partial charge < -0.3 is 5.32 Å². The molecule has 0 radical (unpaired) electrons. The Kier molecular flexibility index (Phi) is 7.76. The van der Waals surface area contributed by atoms with Crippen LogP contribution in [-0.2, 0) is 40.8 Å². The zero-order valence-electron chi connectivity index (χ0n) is 17.2. The van der Waals surface area contributed by atoms with E-state index in [1.807, 2.05) is 29.3 Å². The molecule has 0 saturated heterocycles. The Bertz CT molecular complexity index is 1120. The van der Waals surface area contributed by atoms with Gasteiger partial charge in [0.05, 0.1) is 29.5 Å². The van der Waals surface area contributed by atoms with E-state index in [0.29, 0.717) is 6.42 Å². The Labute approximate surface area is 189 Å². The minimum atomic E-state index is -4.32. The molecule has 2 heterocycles. The van der Waals surface area contributed by atoms with E-state index in [1.54, 1.807) is 24.3 Å². The molecule has 0 spiro atoms. The molecule has 3 rings (SSSR count). The zero-order chi connectivity index (χ0) is 22.4. The van der Waals surface area contributed by atoms with Gasteiger partial charge in [-0.05, 0) is 37.0 Å². The van der Waals surface area contributed by atoms with Crippen molar-refractivity contribution < 1.29 is 17.8 Å². The average Bonchev–Trinajstić information content (AvgIpc) is 3.37. The fraction of sp³-hybridized carbons (Fsp3) is 0.350. The van der Waals surface area contributed by atoms with Gasteiger partial charge in [0, 0.05) is 10.8 Å². The topological polar surface area (TPSA) is 121 Å².